The average molecular weight is 220 g/mol. The fraction of sp³-hybridized carbons (Fsp3) is 1.00. The van der Waals surface area contributed by atoms with Gasteiger partial charge in [0.1, 0.15) is 0 Å². The van der Waals surface area contributed by atoms with Crippen molar-refractivity contribution in [2.24, 2.45) is 11.1 Å². The van der Waals surface area contributed by atoms with E-state index in [1.165, 1.54) is 32.1 Å². The Bertz CT molecular complexity index is 168. The smallest absolute Gasteiger partial charge is 0.250 e. The lowest BCUT2D eigenvalue weighted by Crippen LogP contribution is -2.36. The maximum atomic E-state index is 11.9. The quantitative estimate of drug-likeness (QED) is 0.673. The van der Waals surface area contributed by atoms with E-state index >= 15 is 0 Å². The Labute approximate surface area is 90.6 Å². The van der Waals surface area contributed by atoms with Crippen molar-refractivity contribution in [2.45, 2.75) is 45.0 Å². The van der Waals surface area contributed by atoms with Gasteiger partial charge in [-0.25, -0.2) is 8.78 Å². The maximum absolute atomic E-state index is 11.9. The van der Waals surface area contributed by atoms with Gasteiger partial charge in [-0.3, -0.25) is 0 Å². The molecule has 4 heteroatoms. The molecule has 0 amide bonds. The fourth-order valence-corrected chi connectivity index (χ4v) is 2.42. The van der Waals surface area contributed by atoms with Gasteiger partial charge in [0, 0.05) is 0 Å². The van der Waals surface area contributed by atoms with Gasteiger partial charge in [0.2, 0.25) is 0 Å². The van der Waals surface area contributed by atoms with Crippen molar-refractivity contribution in [1.29, 1.82) is 0 Å². The summed E-state index contributed by atoms with van der Waals surface area (Å²) in [6, 6.07) is 0. The highest BCUT2D eigenvalue weighted by molar-refractivity contribution is 4.84. The van der Waals surface area contributed by atoms with E-state index in [1.807, 2.05) is 0 Å². The van der Waals surface area contributed by atoms with Crippen LogP contribution in [0.15, 0.2) is 0 Å². The summed E-state index contributed by atoms with van der Waals surface area (Å²) in [5.41, 5.74) is 6.03. The molecule has 0 saturated heterocycles. The van der Waals surface area contributed by atoms with Gasteiger partial charge in [0.05, 0.1) is 6.54 Å². The largest absolute Gasteiger partial charge is 0.330 e. The summed E-state index contributed by atoms with van der Waals surface area (Å²) in [5.74, 6) is 0. The van der Waals surface area contributed by atoms with E-state index in [-0.39, 0.29) is 12.0 Å². The third kappa shape index (κ3) is 4.43. The molecule has 3 N–H and O–H groups in total. The lowest BCUT2D eigenvalue weighted by molar-refractivity contribution is 0.138. The van der Waals surface area contributed by atoms with E-state index < -0.39 is 6.43 Å². The number of rotatable bonds is 6. The second-order valence-corrected chi connectivity index (χ2v) is 4.61. The van der Waals surface area contributed by atoms with Crippen molar-refractivity contribution >= 4 is 0 Å². The van der Waals surface area contributed by atoms with Crippen LogP contribution in [-0.2, 0) is 0 Å². The first-order chi connectivity index (χ1) is 7.18. The molecular formula is C11H22F2N2. The molecule has 0 unspecified atom stereocenters. The van der Waals surface area contributed by atoms with Crippen LogP contribution in [0.1, 0.15) is 38.5 Å². The Morgan fingerprint density at radius 3 is 2.40 bits per heavy atom. The third-order valence-corrected chi connectivity index (χ3v) is 3.48. The summed E-state index contributed by atoms with van der Waals surface area (Å²) in [6.07, 6.45) is 4.81. The Balaban J connectivity index is 2.20. The van der Waals surface area contributed by atoms with Crippen molar-refractivity contribution in [3.05, 3.63) is 0 Å². The Morgan fingerprint density at radius 2 is 1.87 bits per heavy atom. The van der Waals surface area contributed by atoms with Gasteiger partial charge in [-0.2, -0.15) is 0 Å². The van der Waals surface area contributed by atoms with Crippen LogP contribution in [0.25, 0.3) is 0 Å². The van der Waals surface area contributed by atoms with Gasteiger partial charge in [0.25, 0.3) is 6.43 Å². The molecule has 0 aromatic heterocycles. The van der Waals surface area contributed by atoms with Gasteiger partial charge in [0.15, 0.2) is 0 Å². The van der Waals surface area contributed by atoms with Crippen LogP contribution < -0.4 is 11.1 Å². The predicted molar refractivity (Wildman–Crippen MR) is 58.1 cm³/mol. The summed E-state index contributed by atoms with van der Waals surface area (Å²) in [4.78, 5) is 0. The van der Waals surface area contributed by atoms with E-state index in [0.717, 1.165) is 6.42 Å². The Kier molecular flexibility index (Phi) is 5.47. The summed E-state index contributed by atoms with van der Waals surface area (Å²) in [6.45, 7) is 1.17. The number of hydrogen-bond acceptors (Lipinski definition) is 2. The Hall–Kier alpha value is -0.220. The molecule has 0 aliphatic heterocycles. The molecule has 90 valence electrons. The zero-order chi connectivity index (χ0) is 11.1. The van der Waals surface area contributed by atoms with E-state index in [9.17, 15) is 8.78 Å². The van der Waals surface area contributed by atoms with Gasteiger partial charge < -0.3 is 11.1 Å². The van der Waals surface area contributed by atoms with Gasteiger partial charge in [-0.05, 0) is 37.8 Å². The SMILES string of the molecule is NCC1(CCNCC(F)F)CCCCC1. The second-order valence-electron chi connectivity index (χ2n) is 4.61. The van der Waals surface area contributed by atoms with Crippen LogP contribution >= 0.6 is 0 Å². The van der Waals surface area contributed by atoms with Gasteiger partial charge in [-0.15, -0.1) is 0 Å². The van der Waals surface area contributed by atoms with Crippen molar-refractivity contribution in [3.8, 4) is 0 Å². The van der Waals surface area contributed by atoms with Crippen LogP contribution in [0.2, 0.25) is 0 Å². The van der Waals surface area contributed by atoms with E-state index in [2.05, 4.69) is 5.32 Å². The third-order valence-electron chi connectivity index (χ3n) is 3.48. The molecule has 1 aliphatic rings. The first-order valence-corrected chi connectivity index (χ1v) is 5.87. The van der Waals surface area contributed by atoms with Crippen LogP contribution in [0.5, 0.6) is 0 Å². The van der Waals surface area contributed by atoms with Crippen LogP contribution in [-0.4, -0.2) is 26.1 Å². The second kappa shape index (κ2) is 6.38. The summed E-state index contributed by atoms with van der Waals surface area (Å²) < 4.78 is 23.8. The van der Waals surface area contributed by atoms with Crippen LogP contribution in [0, 0.1) is 5.41 Å². The summed E-state index contributed by atoms with van der Waals surface area (Å²) in [7, 11) is 0. The molecule has 0 atom stereocenters. The molecule has 0 heterocycles. The lowest BCUT2D eigenvalue weighted by Gasteiger charge is -2.36. The van der Waals surface area contributed by atoms with E-state index in [0.29, 0.717) is 13.1 Å². The number of nitrogens with one attached hydrogen (secondary N) is 1. The molecule has 1 rings (SSSR count). The van der Waals surface area contributed by atoms with Crippen molar-refractivity contribution in [3.63, 3.8) is 0 Å². The van der Waals surface area contributed by atoms with Crippen molar-refractivity contribution in [1.82, 2.24) is 5.32 Å². The molecule has 0 aromatic rings. The molecule has 15 heavy (non-hydrogen) atoms. The van der Waals surface area contributed by atoms with Gasteiger partial charge >= 0.3 is 0 Å². The minimum atomic E-state index is -2.25. The summed E-state index contributed by atoms with van der Waals surface area (Å²) in [5, 5.41) is 2.79. The highest BCUT2D eigenvalue weighted by Gasteiger charge is 2.29. The van der Waals surface area contributed by atoms with Crippen LogP contribution in [0.4, 0.5) is 8.78 Å². The normalized spacial score (nSPS) is 20.8. The standard InChI is InChI=1S/C11H22F2N2/c12-10(13)8-15-7-6-11(9-14)4-2-1-3-5-11/h10,15H,1-9,14H2. The topological polar surface area (TPSA) is 38.0 Å². The fourth-order valence-electron chi connectivity index (χ4n) is 2.42. The summed E-state index contributed by atoms with van der Waals surface area (Å²) >= 11 is 0. The molecule has 0 spiro atoms. The van der Waals surface area contributed by atoms with E-state index in [4.69, 9.17) is 5.73 Å². The zero-order valence-corrected chi connectivity index (χ0v) is 9.27. The Morgan fingerprint density at radius 1 is 1.20 bits per heavy atom. The number of alkyl halides is 2. The average Bonchev–Trinajstić information content (AvgIpc) is 2.26. The monoisotopic (exact) mass is 220 g/mol. The van der Waals surface area contributed by atoms with Crippen LogP contribution in [0.3, 0.4) is 0 Å². The molecule has 0 bridgehead atoms. The molecule has 1 saturated carbocycles. The lowest BCUT2D eigenvalue weighted by atomic mass is 9.72. The minimum absolute atomic E-state index is 0.194. The number of halogens is 2. The molecule has 2 nitrogen and oxygen atoms in total. The molecule has 0 aromatic carbocycles. The highest BCUT2D eigenvalue weighted by Crippen LogP contribution is 2.37. The maximum Gasteiger partial charge on any atom is 0.250 e. The van der Waals surface area contributed by atoms with Gasteiger partial charge in [-0.1, -0.05) is 19.3 Å². The zero-order valence-electron chi connectivity index (χ0n) is 9.27. The molecule has 1 fully saturated rings. The molecule has 1 aliphatic carbocycles. The van der Waals surface area contributed by atoms with Crippen molar-refractivity contribution in [2.75, 3.05) is 19.6 Å². The number of nitrogens with two attached hydrogens (primary N) is 1. The van der Waals surface area contributed by atoms with E-state index in [1.54, 1.807) is 0 Å². The first-order valence-electron chi connectivity index (χ1n) is 5.87. The minimum Gasteiger partial charge on any atom is -0.330 e. The molecule has 0 radical (unpaired) electrons. The first kappa shape index (κ1) is 12.8. The predicted octanol–water partition coefficient (Wildman–Crippen LogP) is 2.14. The van der Waals surface area contributed by atoms with Crippen molar-refractivity contribution < 1.29 is 8.78 Å². The molecular weight excluding hydrogens is 198 g/mol. The number of hydrogen-bond donors (Lipinski definition) is 2. The highest BCUT2D eigenvalue weighted by atomic mass is 19.3.